The number of carbonyl (C=O) groups excluding carboxylic acids is 3. The van der Waals surface area contributed by atoms with Gasteiger partial charge in [-0.1, -0.05) is 36.5 Å². The second-order valence-corrected chi connectivity index (χ2v) is 10.0. The quantitative estimate of drug-likeness (QED) is 0.154. The van der Waals surface area contributed by atoms with Crippen LogP contribution in [0.2, 0.25) is 0 Å². The van der Waals surface area contributed by atoms with Crippen molar-refractivity contribution in [2.75, 3.05) is 11.5 Å². The van der Waals surface area contributed by atoms with Crippen molar-refractivity contribution in [2.45, 2.75) is 40.2 Å². The van der Waals surface area contributed by atoms with E-state index >= 15 is 0 Å². The summed E-state index contributed by atoms with van der Waals surface area (Å²) in [6.07, 6.45) is 2.58. The smallest absolute Gasteiger partial charge is 0.301 e. The van der Waals surface area contributed by atoms with Gasteiger partial charge in [-0.25, -0.2) is 9.97 Å². The molecule has 4 aromatic rings. The van der Waals surface area contributed by atoms with Gasteiger partial charge < -0.3 is 9.84 Å². The number of rotatable bonds is 7. The predicted molar refractivity (Wildman–Crippen MR) is 144 cm³/mol. The Morgan fingerprint density at radius 3 is 2.47 bits per heavy atom. The van der Waals surface area contributed by atoms with E-state index in [1.807, 2.05) is 13.0 Å². The Labute approximate surface area is 223 Å². The number of imidazole rings is 1. The SMILES string of the molecule is CCCOc1ccc(C2/C(=C(\O)c3c(C)nc4ccccn34)C(=O)C(=O)N2c2nc(C)c(C(C)=O)s2)cc1. The highest BCUT2D eigenvalue weighted by atomic mass is 32.1. The summed E-state index contributed by atoms with van der Waals surface area (Å²) in [5.41, 5.74) is 2.40. The van der Waals surface area contributed by atoms with Crippen molar-refractivity contribution < 1.29 is 24.2 Å². The van der Waals surface area contributed by atoms with Gasteiger partial charge >= 0.3 is 5.91 Å². The van der Waals surface area contributed by atoms with Gasteiger partial charge in [0.05, 0.1) is 34.5 Å². The summed E-state index contributed by atoms with van der Waals surface area (Å²) in [5, 5.41) is 11.8. The van der Waals surface area contributed by atoms with Crippen LogP contribution in [0.4, 0.5) is 5.13 Å². The van der Waals surface area contributed by atoms with Crippen LogP contribution in [0.15, 0.2) is 54.2 Å². The third-order valence-electron chi connectivity index (χ3n) is 6.35. The number of anilines is 1. The van der Waals surface area contributed by atoms with Crippen LogP contribution in [0, 0.1) is 13.8 Å². The van der Waals surface area contributed by atoms with E-state index in [1.54, 1.807) is 60.8 Å². The molecule has 5 rings (SSSR count). The first kappa shape index (κ1) is 25.3. The lowest BCUT2D eigenvalue weighted by Crippen LogP contribution is -2.29. The number of benzene rings is 1. The van der Waals surface area contributed by atoms with Crippen molar-refractivity contribution in [1.29, 1.82) is 0 Å². The van der Waals surface area contributed by atoms with Gasteiger partial charge in [0, 0.05) is 13.1 Å². The summed E-state index contributed by atoms with van der Waals surface area (Å²) in [4.78, 5) is 49.8. The van der Waals surface area contributed by atoms with E-state index in [9.17, 15) is 19.5 Å². The van der Waals surface area contributed by atoms with Crippen LogP contribution in [0.1, 0.15) is 58.6 Å². The van der Waals surface area contributed by atoms with Crippen molar-refractivity contribution in [2.24, 2.45) is 0 Å². The molecule has 4 heterocycles. The number of aryl methyl sites for hydroxylation is 2. The summed E-state index contributed by atoms with van der Waals surface area (Å²) < 4.78 is 7.38. The maximum atomic E-state index is 13.5. The highest BCUT2D eigenvalue weighted by molar-refractivity contribution is 7.18. The molecule has 1 saturated heterocycles. The fourth-order valence-corrected chi connectivity index (χ4v) is 5.64. The number of amides is 1. The lowest BCUT2D eigenvalue weighted by Gasteiger charge is -2.23. The molecule has 1 unspecified atom stereocenters. The van der Waals surface area contributed by atoms with Gasteiger partial charge in [0.1, 0.15) is 17.1 Å². The van der Waals surface area contributed by atoms with E-state index in [4.69, 9.17) is 4.74 Å². The molecule has 0 bridgehead atoms. The molecular formula is C28H26N4O5S. The van der Waals surface area contributed by atoms with Crippen LogP contribution in [0.25, 0.3) is 11.4 Å². The number of carbonyl (C=O) groups is 3. The average molecular weight is 531 g/mol. The molecule has 1 aromatic carbocycles. The lowest BCUT2D eigenvalue weighted by atomic mass is 9.96. The summed E-state index contributed by atoms with van der Waals surface area (Å²) in [6.45, 7) is 7.41. The molecule has 10 heteroatoms. The van der Waals surface area contributed by atoms with E-state index in [0.29, 0.717) is 45.5 Å². The fraction of sp³-hybridized carbons (Fsp3) is 0.250. The van der Waals surface area contributed by atoms with Crippen molar-refractivity contribution in [3.63, 3.8) is 0 Å². The summed E-state index contributed by atoms with van der Waals surface area (Å²) in [6, 6.07) is 11.5. The summed E-state index contributed by atoms with van der Waals surface area (Å²) >= 11 is 1.05. The van der Waals surface area contributed by atoms with Gasteiger partial charge in [-0.3, -0.25) is 23.7 Å². The molecule has 1 atom stereocenters. The van der Waals surface area contributed by atoms with Crippen molar-refractivity contribution in [3.8, 4) is 5.75 Å². The van der Waals surface area contributed by atoms with Gasteiger partial charge in [0.15, 0.2) is 16.7 Å². The molecule has 1 aliphatic heterocycles. The first-order chi connectivity index (χ1) is 18.2. The molecule has 0 spiro atoms. The van der Waals surface area contributed by atoms with E-state index in [-0.39, 0.29) is 22.2 Å². The van der Waals surface area contributed by atoms with E-state index in [1.165, 1.54) is 11.8 Å². The van der Waals surface area contributed by atoms with Crippen molar-refractivity contribution in [3.05, 3.63) is 81.8 Å². The number of aliphatic hydroxyl groups is 1. The predicted octanol–water partition coefficient (Wildman–Crippen LogP) is 5.03. The largest absolute Gasteiger partial charge is 0.505 e. The Balaban J connectivity index is 1.72. The molecule has 1 aliphatic rings. The average Bonchev–Trinajstić information content (AvgIpc) is 3.53. The molecule has 1 fully saturated rings. The van der Waals surface area contributed by atoms with Gasteiger partial charge in [-0.05, 0) is 50.1 Å². The number of Topliss-reactive ketones (excluding diaryl/α,β-unsaturated/α-hetero) is 2. The van der Waals surface area contributed by atoms with Crippen LogP contribution in [-0.2, 0) is 9.59 Å². The van der Waals surface area contributed by atoms with Gasteiger partial charge in [-0.2, -0.15) is 0 Å². The zero-order valence-corrected chi connectivity index (χ0v) is 22.2. The number of thiazole rings is 1. The minimum Gasteiger partial charge on any atom is -0.505 e. The number of aliphatic hydroxyl groups excluding tert-OH is 1. The Morgan fingerprint density at radius 2 is 1.82 bits per heavy atom. The van der Waals surface area contributed by atoms with Crippen LogP contribution in [0.3, 0.4) is 0 Å². The fourth-order valence-electron chi connectivity index (χ4n) is 4.65. The van der Waals surface area contributed by atoms with Crippen LogP contribution in [0.5, 0.6) is 5.75 Å². The minimum absolute atomic E-state index is 0.0804. The van der Waals surface area contributed by atoms with Crippen LogP contribution in [-0.4, -0.2) is 43.6 Å². The van der Waals surface area contributed by atoms with Gasteiger partial charge in [0.2, 0.25) is 0 Å². The van der Waals surface area contributed by atoms with E-state index in [0.717, 1.165) is 17.8 Å². The maximum Gasteiger partial charge on any atom is 0.301 e. The molecule has 38 heavy (non-hydrogen) atoms. The number of ketones is 2. The number of fused-ring (bicyclic) bond motifs is 1. The molecule has 0 aliphatic carbocycles. The summed E-state index contributed by atoms with van der Waals surface area (Å²) in [5.74, 6) is -1.55. The Morgan fingerprint density at radius 1 is 1.08 bits per heavy atom. The second-order valence-electron chi connectivity index (χ2n) is 9.03. The first-order valence-corrected chi connectivity index (χ1v) is 13.0. The Bertz CT molecular complexity index is 1620. The molecule has 9 nitrogen and oxygen atoms in total. The van der Waals surface area contributed by atoms with Gasteiger partial charge in [-0.15, -0.1) is 0 Å². The number of pyridine rings is 1. The number of aromatic nitrogens is 3. The highest BCUT2D eigenvalue weighted by Crippen LogP contribution is 2.44. The van der Waals surface area contributed by atoms with Crippen LogP contribution >= 0.6 is 11.3 Å². The number of nitrogens with zero attached hydrogens (tertiary/aromatic N) is 4. The molecule has 194 valence electrons. The third kappa shape index (κ3) is 4.16. The zero-order valence-electron chi connectivity index (χ0n) is 21.4. The normalized spacial score (nSPS) is 16.9. The highest BCUT2D eigenvalue weighted by Gasteiger charge is 2.48. The lowest BCUT2D eigenvalue weighted by molar-refractivity contribution is -0.132. The molecule has 1 N–H and O–H groups in total. The molecular weight excluding hydrogens is 504 g/mol. The van der Waals surface area contributed by atoms with Gasteiger partial charge in [0.25, 0.3) is 5.78 Å². The van der Waals surface area contributed by atoms with Crippen LogP contribution < -0.4 is 9.64 Å². The number of ether oxygens (including phenoxy) is 1. The molecule has 0 saturated carbocycles. The topological polar surface area (TPSA) is 114 Å². The monoisotopic (exact) mass is 530 g/mol. The summed E-state index contributed by atoms with van der Waals surface area (Å²) in [7, 11) is 0. The standard InChI is InChI=1S/C28H26N4O5S/c1-5-14-37-19-11-9-18(10-12-19)23-21(24(34)22-15(2)29-20-8-6-7-13-31(20)22)25(35)27(36)32(23)28-30-16(3)26(38-28)17(4)33/h6-13,23,34H,5,14H2,1-4H3/b24-21+. The maximum absolute atomic E-state index is 13.5. The minimum atomic E-state index is -0.978. The molecule has 3 aromatic heterocycles. The van der Waals surface area contributed by atoms with Crippen molar-refractivity contribution >= 4 is 45.3 Å². The number of hydrogen-bond donors (Lipinski definition) is 1. The second kappa shape index (κ2) is 9.86. The number of hydrogen-bond acceptors (Lipinski definition) is 8. The van der Waals surface area contributed by atoms with E-state index in [2.05, 4.69) is 9.97 Å². The van der Waals surface area contributed by atoms with E-state index < -0.39 is 17.7 Å². The van der Waals surface area contributed by atoms with Crippen molar-refractivity contribution in [1.82, 2.24) is 14.4 Å². The molecule has 1 amide bonds. The Kier molecular flexibility index (Phi) is 6.58. The Hall–Kier alpha value is -4.31. The molecule has 0 radical (unpaired) electrons. The first-order valence-electron chi connectivity index (χ1n) is 12.2. The zero-order chi connectivity index (χ0) is 27.1. The third-order valence-corrected chi connectivity index (χ3v) is 7.61.